The molecule has 160 valence electrons. The van der Waals surface area contributed by atoms with Crippen LogP contribution in [0.25, 0.3) is 0 Å². The molecule has 2 fully saturated rings. The molecule has 2 aromatic rings. The fourth-order valence-electron chi connectivity index (χ4n) is 3.82. The minimum Gasteiger partial charge on any atom is -0.475 e. The second-order valence-corrected chi connectivity index (χ2v) is 8.08. The molecule has 0 saturated carbocycles. The molecule has 0 amide bonds. The molecule has 2 N–H and O–H groups in total. The van der Waals surface area contributed by atoms with Crippen LogP contribution in [-0.2, 0) is 22.5 Å². The number of aromatic amines is 1. The first kappa shape index (κ1) is 21.7. The Morgan fingerprint density at radius 3 is 2.83 bits per heavy atom. The fraction of sp³-hybridized carbons (Fsp3) is 0.611. The number of fused-ring (bicyclic) bond motifs is 1. The number of carbonyl (C=O) groups is 1. The van der Waals surface area contributed by atoms with E-state index in [-0.39, 0.29) is 0 Å². The molecule has 0 spiro atoms. The highest BCUT2D eigenvalue weighted by Gasteiger charge is 2.41. The molecule has 0 aliphatic carbocycles. The zero-order chi connectivity index (χ0) is 21.0. The number of hydrogen-bond acceptors (Lipinski definition) is 6. The quantitative estimate of drug-likeness (QED) is 0.772. The van der Waals surface area contributed by atoms with Gasteiger partial charge in [0.25, 0.3) is 0 Å². The van der Waals surface area contributed by atoms with Crippen molar-refractivity contribution in [2.45, 2.75) is 38.6 Å². The summed E-state index contributed by atoms with van der Waals surface area (Å²) in [4.78, 5) is 15.9. The first-order valence-electron chi connectivity index (χ1n) is 9.25. The summed E-state index contributed by atoms with van der Waals surface area (Å²) >= 11 is 1.78. The van der Waals surface area contributed by atoms with Crippen molar-refractivity contribution >= 4 is 17.3 Å². The molecule has 4 rings (SSSR count). The normalized spacial score (nSPS) is 24.6. The van der Waals surface area contributed by atoms with Crippen LogP contribution in [-0.4, -0.2) is 63.1 Å². The maximum atomic E-state index is 10.6. The number of aliphatic carboxylic acids is 1. The SMILES string of the molecule is Cc1nc(C[C@@H]2OC[C@H]3CN(Cc4ccsc4)CC[C@H]32)n[nH]1.O=C(O)C(F)(F)F. The predicted octanol–water partition coefficient (Wildman–Crippen LogP) is 2.89. The van der Waals surface area contributed by atoms with Crippen LogP contribution in [0.2, 0.25) is 0 Å². The second-order valence-electron chi connectivity index (χ2n) is 7.30. The molecule has 2 aromatic heterocycles. The Morgan fingerprint density at radius 2 is 2.24 bits per heavy atom. The predicted molar refractivity (Wildman–Crippen MR) is 99.4 cm³/mol. The van der Waals surface area contributed by atoms with Crippen LogP contribution < -0.4 is 0 Å². The van der Waals surface area contributed by atoms with Gasteiger partial charge < -0.3 is 9.84 Å². The van der Waals surface area contributed by atoms with Gasteiger partial charge in [0.2, 0.25) is 0 Å². The summed E-state index contributed by atoms with van der Waals surface area (Å²) < 4.78 is 37.8. The largest absolute Gasteiger partial charge is 0.490 e. The molecule has 3 atom stereocenters. The van der Waals surface area contributed by atoms with Gasteiger partial charge in [0.05, 0.1) is 12.7 Å². The first-order chi connectivity index (χ1) is 13.7. The maximum Gasteiger partial charge on any atom is 0.490 e. The number of likely N-dealkylation sites (tertiary alicyclic amines) is 1. The van der Waals surface area contributed by atoms with E-state index < -0.39 is 12.1 Å². The summed E-state index contributed by atoms with van der Waals surface area (Å²) in [6, 6.07) is 2.23. The van der Waals surface area contributed by atoms with Gasteiger partial charge >= 0.3 is 12.1 Å². The van der Waals surface area contributed by atoms with Gasteiger partial charge in [-0.2, -0.15) is 29.6 Å². The van der Waals surface area contributed by atoms with Crippen molar-refractivity contribution in [1.82, 2.24) is 20.1 Å². The van der Waals surface area contributed by atoms with Gasteiger partial charge in [-0.15, -0.1) is 0 Å². The number of nitrogens with zero attached hydrogens (tertiary/aromatic N) is 3. The fourth-order valence-corrected chi connectivity index (χ4v) is 4.48. The summed E-state index contributed by atoms with van der Waals surface area (Å²) in [6.45, 7) is 6.24. The third-order valence-electron chi connectivity index (χ3n) is 5.13. The van der Waals surface area contributed by atoms with E-state index >= 15 is 0 Å². The molecule has 0 radical (unpaired) electrons. The molecule has 0 unspecified atom stereocenters. The number of carboxylic acid groups (broad SMARTS) is 1. The van der Waals surface area contributed by atoms with E-state index in [0.29, 0.717) is 17.9 Å². The lowest BCUT2D eigenvalue weighted by Gasteiger charge is -2.35. The molecule has 4 heterocycles. The number of rotatable bonds is 4. The van der Waals surface area contributed by atoms with Gasteiger partial charge in [0.15, 0.2) is 5.82 Å². The monoisotopic (exact) mass is 432 g/mol. The van der Waals surface area contributed by atoms with Crippen LogP contribution in [0.15, 0.2) is 16.8 Å². The molecule has 0 aromatic carbocycles. The van der Waals surface area contributed by atoms with Crippen LogP contribution in [0.3, 0.4) is 0 Å². The Labute approximate surface area is 169 Å². The van der Waals surface area contributed by atoms with E-state index in [1.165, 1.54) is 18.5 Å². The summed E-state index contributed by atoms with van der Waals surface area (Å²) in [5.74, 6) is 0.349. The maximum absolute atomic E-state index is 10.6. The van der Waals surface area contributed by atoms with E-state index in [0.717, 1.165) is 37.8 Å². The minimum absolute atomic E-state index is 0.295. The molecule has 7 nitrogen and oxygen atoms in total. The first-order valence-corrected chi connectivity index (χ1v) is 10.2. The van der Waals surface area contributed by atoms with E-state index in [1.807, 2.05) is 6.92 Å². The lowest BCUT2D eigenvalue weighted by molar-refractivity contribution is -0.192. The van der Waals surface area contributed by atoms with Crippen LogP contribution >= 0.6 is 11.3 Å². The van der Waals surface area contributed by atoms with Gasteiger partial charge in [-0.25, -0.2) is 9.78 Å². The zero-order valence-electron chi connectivity index (χ0n) is 15.9. The number of aromatic nitrogens is 3. The molecule has 29 heavy (non-hydrogen) atoms. The van der Waals surface area contributed by atoms with Gasteiger partial charge in [-0.05, 0) is 48.2 Å². The molecule has 2 aliphatic heterocycles. The number of ether oxygens (including phenoxy) is 1. The van der Waals surface area contributed by atoms with E-state index in [1.54, 1.807) is 11.3 Å². The number of aryl methyl sites for hydroxylation is 1. The number of nitrogens with one attached hydrogen (secondary N) is 1. The third-order valence-corrected chi connectivity index (χ3v) is 5.87. The van der Waals surface area contributed by atoms with Gasteiger partial charge in [0.1, 0.15) is 5.82 Å². The molecule has 11 heteroatoms. The summed E-state index contributed by atoms with van der Waals surface area (Å²) in [7, 11) is 0. The van der Waals surface area contributed by atoms with Crippen molar-refractivity contribution < 1.29 is 27.8 Å². The van der Waals surface area contributed by atoms with Crippen LogP contribution in [0.5, 0.6) is 0 Å². The van der Waals surface area contributed by atoms with E-state index in [9.17, 15) is 13.2 Å². The molecular weight excluding hydrogens is 409 g/mol. The van der Waals surface area contributed by atoms with Crippen molar-refractivity contribution in [2.24, 2.45) is 11.8 Å². The van der Waals surface area contributed by atoms with Gasteiger partial charge in [0, 0.05) is 25.4 Å². The number of thiophene rings is 1. The van der Waals surface area contributed by atoms with Crippen LogP contribution in [0.4, 0.5) is 13.2 Å². The van der Waals surface area contributed by atoms with Gasteiger partial charge in [-0.1, -0.05) is 0 Å². The molecule has 2 aliphatic rings. The summed E-state index contributed by atoms with van der Waals surface area (Å²) in [5, 5.41) is 18.7. The van der Waals surface area contributed by atoms with Crippen LogP contribution in [0, 0.1) is 18.8 Å². The number of piperidine rings is 1. The standard InChI is InChI=1S/C16H22N4OS.C2HF3O2/c1-11-17-16(19-18-11)6-15-14-2-4-20(8-13(14)9-21-15)7-12-3-5-22-10-12;3-2(4,5)1(6)7/h3,5,10,13-15H,2,4,6-9H2,1H3,(H,17,18,19);(H,6,7)/t13-,14-,15+;/m1./s1. The zero-order valence-corrected chi connectivity index (χ0v) is 16.7. The second kappa shape index (κ2) is 9.23. The van der Waals surface area contributed by atoms with Crippen molar-refractivity contribution in [3.63, 3.8) is 0 Å². The smallest absolute Gasteiger partial charge is 0.475 e. The Bertz CT molecular complexity index is 797. The molecular formula is C18H23F3N4O3S. The average molecular weight is 432 g/mol. The summed E-state index contributed by atoms with van der Waals surface area (Å²) in [6.07, 6.45) is -2.72. The van der Waals surface area contributed by atoms with Crippen molar-refractivity contribution in [2.75, 3.05) is 19.7 Å². The van der Waals surface area contributed by atoms with E-state index in [4.69, 9.17) is 14.6 Å². The van der Waals surface area contributed by atoms with Crippen molar-refractivity contribution in [3.8, 4) is 0 Å². The number of H-pyrrole nitrogens is 1. The molecule has 2 saturated heterocycles. The minimum atomic E-state index is -5.08. The average Bonchev–Trinajstić information content (AvgIpc) is 3.38. The lowest BCUT2D eigenvalue weighted by atomic mass is 9.83. The number of carboxylic acids is 1. The number of halogens is 3. The van der Waals surface area contributed by atoms with Crippen molar-refractivity contribution in [3.05, 3.63) is 34.0 Å². The highest BCUT2D eigenvalue weighted by molar-refractivity contribution is 7.07. The third kappa shape index (κ3) is 6.00. The number of alkyl halides is 3. The van der Waals surface area contributed by atoms with E-state index in [2.05, 4.69) is 36.9 Å². The molecule has 0 bridgehead atoms. The van der Waals surface area contributed by atoms with Crippen molar-refractivity contribution in [1.29, 1.82) is 0 Å². The van der Waals surface area contributed by atoms with Gasteiger partial charge in [-0.3, -0.25) is 10.00 Å². The topological polar surface area (TPSA) is 91.3 Å². The Balaban J connectivity index is 0.000000298. The lowest BCUT2D eigenvalue weighted by Crippen LogP contribution is -2.41. The van der Waals surface area contributed by atoms with Crippen LogP contribution in [0.1, 0.15) is 23.6 Å². The Kier molecular flexibility index (Phi) is 6.91. The Hall–Kier alpha value is -1.98. The number of hydrogen-bond donors (Lipinski definition) is 2. The Morgan fingerprint density at radius 1 is 1.48 bits per heavy atom. The highest BCUT2D eigenvalue weighted by Crippen LogP contribution is 2.36. The highest BCUT2D eigenvalue weighted by atomic mass is 32.1. The summed E-state index contributed by atoms with van der Waals surface area (Å²) in [5.41, 5.74) is 1.44.